The first-order chi connectivity index (χ1) is 9.15. The van der Waals surface area contributed by atoms with Gasteiger partial charge in [-0.15, -0.1) is 0 Å². The molecule has 1 aromatic heterocycles. The normalized spacial score (nSPS) is 12.0. The number of aromatic nitrogens is 2. The molecule has 0 unspecified atom stereocenters. The minimum absolute atomic E-state index is 0.0334. The van der Waals surface area contributed by atoms with E-state index >= 15 is 0 Å². The molecule has 1 heterocycles. The Hall–Kier alpha value is -2.42. The summed E-state index contributed by atoms with van der Waals surface area (Å²) in [6.07, 6.45) is 8.72. The van der Waals surface area contributed by atoms with Crippen LogP contribution in [-0.4, -0.2) is 15.6 Å². The number of carbonyl (C=O) groups excluding carboxylic acids is 1. The molecular formula is C16H16N2O. The molecule has 3 heteroatoms. The average Bonchev–Trinajstić information content (AvgIpc) is 2.84. The zero-order valence-corrected chi connectivity index (χ0v) is 11.1. The van der Waals surface area contributed by atoms with E-state index in [9.17, 15) is 4.79 Å². The molecular weight excluding hydrogens is 236 g/mol. The number of benzene rings is 1. The Morgan fingerprint density at radius 1 is 1.21 bits per heavy atom. The summed E-state index contributed by atoms with van der Waals surface area (Å²) in [5, 5.41) is 3.98. The van der Waals surface area contributed by atoms with Gasteiger partial charge in [-0.2, -0.15) is 5.10 Å². The minimum atomic E-state index is -0.0334. The van der Waals surface area contributed by atoms with E-state index in [2.05, 4.69) is 5.10 Å². The van der Waals surface area contributed by atoms with Crippen LogP contribution >= 0.6 is 0 Å². The maximum atomic E-state index is 11.8. The molecule has 0 aliphatic rings. The summed E-state index contributed by atoms with van der Waals surface area (Å²) >= 11 is 0. The summed E-state index contributed by atoms with van der Waals surface area (Å²) in [7, 11) is 1.79. The van der Waals surface area contributed by atoms with Crippen LogP contribution in [0.5, 0.6) is 0 Å². The fourth-order valence-corrected chi connectivity index (χ4v) is 1.71. The maximum Gasteiger partial charge on any atom is 0.188 e. The average molecular weight is 252 g/mol. The van der Waals surface area contributed by atoms with E-state index in [0.717, 1.165) is 11.1 Å². The molecule has 0 saturated carbocycles. The smallest absolute Gasteiger partial charge is 0.188 e. The summed E-state index contributed by atoms with van der Waals surface area (Å²) in [5.41, 5.74) is 2.76. The van der Waals surface area contributed by atoms with Crippen LogP contribution in [0.4, 0.5) is 0 Å². The number of hydrogen-bond donors (Lipinski definition) is 0. The summed E-state index contributed by atoms with van der Waals surface area (Å²) in [5.74, 6) is -0.0334. The topological polar surface area (TPSA) is 34.9 Å². The molecule has 0 radical (unpaired) electrons. The van der Waals surface area contributed by atoms with Crippen molar-refractivity contribution in [2.24, 2.45) is 7.05 Å². The van der Waals surface area contributed by atoms with Crippen molar-refractivity contribution < 1.29 is 4.79 Å². The number of rotatable bonds is 4. The van der Waals surface area contributed by atoms with Crippen molar-refractivity contribution in [3.63, 3.8) is 0 Å². The summed E-state index contributed by atoms with van der Waals surface area (Å²) in [6.45, 7) is 1.97. The van der Waals surface area contributed by atoms with Gasteiger partial charge in [-0.05, 0) is 18.6 Å². The van der Waals surface area contributed by atoms with Gasteiger partial charge in [0.25, 0.3) is 0 Å². The second kappa shape index (κ2) is 5.96. The summed E-state index contributed by atoms with van der Waals surface area (Å²) in [4.78, 5) is 11.8. The minimum Gasteiger partial charge on any atom is -0.289 e. The molecule has 96 valence electrons. The molecule has 2 aromatic rings. The first kappa shape index (κ1) is 13.0. The van der Waals surface area contributed by atoms with Crippen molar-refractivity contribution in [1.29, 1.82) is 0 Å². The Kier molecular flexibility index (Phi) is 4.08. The van der Waals surface area contributed by atoms with E-state index in [1.807, 2.05) is 49.4 Å². The fourth-order valence-electron chi connectivity index (χ4n) is 1.71. The van der Waals surface area contributed by atoms with Crippen LogP contribution in [0.3, 0.4) is 0 Å². The molecule has 0 aliphatic carbocycles. The Bertz CT molecular complexity index is 621. The molecule has 0 atom stereocenters. The number of hydrogen-bond acceptors (Lipinski definition) is 2. The Balaban J connectivity index is 2.06. The lowest BCUT2D eigenvalue weighted by atomic mass is 10.1. The van der Waals surface area contributed by atoms with Crippen LogP contribution in [-0.2, 0) is 7.05 Å². The third kappa shape index (κ3) is 3.78. The first-order valence-electron chi connectivity index (χ1n) is 6.09. The molecule has 3 nitrogen and oxygen atoms in total. The van der Waals surface area contributed by atoms with Crippen molar-refractivity contribution in [1.82, 2.24) is 9.78 Å². The lowest BCUT2D eigenvalue weighted by molar-refractivity contribution is 0.104. The van der Waals surface area contributed by atoms with Crippen LogP contribution < -0.4 is 0 Å². The van der Waals surface area contributed by atoms with Crippen molar-refractivity contribution >= 4 is 11.9 Å². The Morgan fingerprint density at radius 3 is 2.58 bits per heavy atom. The van der Waals surface area contributed by atoms with Crippen molar-refractivity contribution in [3.8, 4) is 0 Å². The monoisotopic (exact) mass is 252 g/mol. The van der Waals surface area contributed by atoms with Crippen molar-refractivity contribution in [2.45, 2.75) is 6.92 Å². The summed E-state index contributed by atoms with van der Waals surface area (Å²) in [6, 6.07) is 10.0. The van der Waals surface area contributed by atoms with Crippen LogP contribution in [0.2, 0.25) is 0 Å². The van der Waals surface area contributed by atoms with Crippen LogP contribution in [0.25, 0.3) is 6.08 Å². The third-order valence-corrected chi connectivity index (χ3v) is 2.68. The van der Waals surface area contributed by atoms with E-state index in [1.165, 1.54) is 0 Å². The highest BCUT2D eigenvalue weighted by Gasteiger charge is 2.03. The second-order valence-corrected chi connectivity index (χ2v) is 4.40. The zero-order chi connectivity index (χ0) is 13.7. The van der Waals surface area contributed by atoms with E-state index < -0.39 is 0 Å². The quantitative estimate of drug-likeness (QED) is 0.475. The van der Waals surface area contributed by atoms with Crippen LogP contribution in [0.1, 0.15) is 22.8 Å². The third-order valence-electron chi connectivity index (χ3n) is 2.68. The predicted octanol–water partition coefficient (Wildman–Crippen LogP) is 3.26. The lowest BCUT2D eigenvalue weighted by Crippen LogP contribution is -1.92. The fraction of sp³-hybridized carbons (Fsp3) is 0.125. The van der Waals surface area contributed by atoms with E-state index in [0.29, 0.717) is 5.56 Å². The maximum absolute atomic E-state index is 11.8. The number of allylic oxidation sites excluding steroid dienone is 3. The van der Waals surface area contributed by atoms with Crippen molar-refractivity contribution in [3.05, 3.63) is 71.6 Å². The highest BCUT2D eigenvalue weighted by atomic mass is 16.1. The molecule has 2 rings (SSSR count). The van der Waals surface area contributed by atoms with E-state index in [-0.39, 0.29) is 5.78 Å². The largest absolute Gasteiger partial charge is 0.289 e. The summed E-state index contributed by atoms with van der Waals surface area (Å²) < 4.78 is 1.62. The molecule has 0 saturated heterocycles. The Labute approximate surface area is 112 Å². The van der Waals surface area contributed by atoms with E-state index in [4.69, 9.17) is 0 Å². The molecule has 0 N–H and O–H groups in total. The van der Waals surface area contributed by atoms with Gasteiger partial charge in [0.05, 0.1) is 11.8 Å². The molecule has 0 amide bonds. The zero-order valence-electron chi connectivity index (χ0n) is 11.1. The number of ketones is 1. The van der Waals surface area contributed by atoms with Gasteiger partial charge < -0.3 is 0 Å². The van der Waals surface area contributed by atoms with Gasteiger partial charge in [-0.25, -0.2) is 0 Å². The van der Waals surface area contributed by atoms with Gasteiger partial charge in [0.1, 0.15) is 0 Å². The molecule has 0 spiro atoms. The van der Waals surface area contributed by atoms with Gasteiger partial charge in [0.2, 0.25) is 0 Å². The highest BCUT2D eigenvalue weighted by Crippen LogP contribution is 2.08. The molecule has 0 aliphatic heterocycles. The van der Waals surface area contributed by atoms with Gasteiger partial charge in [-0.3, -0.25) is 9.48 Å². The first-order valence-corrected chi connectivity index (χ1v) is 6.09. The van der Waals surface area contributed by atoms with Crippen LogP contribution in [0.15, 0.2) is 60.5 Å². The Morgan fingerprint density at radius 2 is 1.95 bits per heavy atom. The van der Waals surface area contributed by atoms with Crippen molar-refractivity contribution in [2.75, 3.05) is 0 Å². The lowest BCUT2D eigenvalue weighted by Gasteiger charge is -1.94. The van der Waals surface area contributed by atoms with Gasteiger partial charge in [0, 0.05) is 13.2 Å². The van der Waals surface area contributed by atoms with E-state index in [1.54, 1.807) is 30.2 Å². The van der Waals surface area contributed by atoms with Crippen LogP contribution in [0, 0.1) is 0 Å². The number of nitrogens with zero attached hydrogens (tertiary/aromatic N) is 2. The van der Waals surface area contributed by atoms with Gasteiger partial charge in [0.15, 0.2) is 5.78 Å². The second-order valence-electron chi connectivity index (χ2n) is 4.40. The van der Waals surface area contributed by atoms with Gasteiger partial charge in [-0.1, -0.05) is 48.1 Å². The number of carbonyl (C=O) groups is 1. The molecule has 1 aromatic carbocycles. The SMILES string of the molecule is CC(/C=C/C(=O)c1cnn(C)c1)=C\c1ccccc1. The van der Waals surface area contributed by atoms with Gasteiger partial charge >= 0.3 is 0 Å². The standard InChI is InChI=1S/C16H16N2O/c1-13(10-14-6-4-3-5-7-14)8-9-16(19)15-11-17-18(2)12-15/h3-12H,1-2H3/b9-8+,13-10+. The highest BCUT2D eigenvalue weighted by molar-refractivity contribution is 6.04. The predicted molar refractivity (Wildman–Crippen MR) is 76.8 cm³/mol. The molecule has 19 heavy (non-hydrogen) atoms. The molecule has 0 fully saturated rings. The number of aryl methyl sites for hydroxylation is 1. The molecule has 0 bridgehead atoms.